The fourth-order valence-corrected chi connectivity index (χ4v) is 3.04. The summed E-state index contributed by atoms with van der Waals surface area (Å²) in [5, 5.41) is 3.36. The molecule has 0 bridgehead atoms. The minimum absolute atomic E-state index is 0.140. The van der Waals surface area contributed by atoms with Gasteiger partial charge in [0, 0.05) is 24.7 Å². The summed E-state index contributed by atoms with van der Waals surface area (Å²) in [4.78, 5) is 14.0. The van der Waals surface area contributed by atoms with Crippen molar-refractivity contribution < 1.29 is 4.79 Å². The van der Waals surface area contributed by atoms with Gasteiger partial charge in [-0.15, -0.1) is 0 Å². The van der Waals surface area contributed by atoms with Gasteiger partial charge in [-0.3, -0.25) is 9.69 Å². The average Bonchev–Trinajstić information content (AvgIpc) is 3.10. The molecule has 3 atom stereocenters. The molecule has 1 aliphatic carbocycles. The molecular formula is C14H27N3O. The first-order valence-electron chi connectivity index (χ1n) is 7.39. The fourth-order valence-electron chi connectivity index (χ4n) is 3.04. The van der Waals surface area contributed by atoms with Crippen molar-refractivity contribution in [3.05, 3.63) is 0 Å². The number of amides is 1. The number of hydrogen-bond donors (Lipinski definition) is 2. The van der Waals surface area contributed by atoms with E-state index in [0.29, 0.717) is 18.1 Å². The van der Waals surface area contributed by atoms with E-state index < -0.39 is 0 Å². The van der Waals surface area contributed by atoms with E-state index in [1.165, 1.54) is 32.1 Å². The van der Waals surface area contributed by atoms with E-state index in [-0.39, 0.29) is 11.9 Å². The average molecular weight is 253 g/mol. The van der Waals surface area contributed by atoms with Crippen LogP contribution < -0.4 is 11.1 Å². The molecule has 0 spiro atoms. The van der Waals surface area contributed by atoms with Crippen molar-refractivity contribution in [2.75, 3.05) is 6.54 Å². The lowest BCUT2D eigenvalue weighted by atomic mass is 9.97. The highest BCUT2D eigenvalue weighted by Gasteiger charge is 2.29. The molecule has 4 heteroatoms. The van der Waals surface area contributed by atoms with Gasteiger partial charge in [-0.25, -0.2) is 0 Å². The van der Waals surface area contributed by atoms with Gasteiger partial charge in [0.25, 0.3) is 0 Å². The molecule has 18 heavy (non-hydrogen) atoms. The van der Waals surface area contributed by atoms with E-state index in [4.69, 9.17) is 5.73 Å². The van der Waals surface area contributed by atoms with Gasteiger partial charge in [-0.1, -0.05) is 6.42 Å². The normalized spacial score (nSPS) is 31.2. The highest BCUT2D eigenvalue weighted by atomic mass is 16.1. The molecule has 1 unspecified atom stereocenters. The van der Waals surface area contributed by atoms with Crippen molar-refractivity contribution in [1.82, 2.24) is 10.2 Å². The van der Waals surface area contributed by atoms with Gasteiger partial charge in [0.2, 0.25) is 5.91 Å². The van der Waals surface area contributed by atoms with Crippen LogP contribution in [0.5, 0.6) is 0 Å². The van der Waals surface area contributed by atoms with Crippen molar-refractivity contribution in [2.24, 2.45) is 5.73 Å². The summed E-state index contributed by atoms with van der Waals surface area (Å²) >= 11 is 0. The summed E-state index contributed by atoms with van der Waals surface area (Å²) in [6.45, 7) is 5.57. The molecule has 104 valence electrons. The maximum absolute atomic E-state index is 11.4. The van der Waals surface area contributed by atoms with Crippen LogP contribution in [-0.4, -0.2) is 41.5 Å². The molecule has 1 heterocycles. The molecule has 4 nitrogen and oxygen atoms in total. The number of carbonyl (C=O) groups is 1. The van der Waals surface area contributed by atoms with Gasteiger partial charge < -0.3 is 11.1 Å². The molecule has 0 aromatic carbocycles. The zero-order valence-electron chi connectivity index (χ0n) is 11.7. The van der Waals surface area contributed by atoms with Crippen LogP contribution in [0.25, 0.3) is 0 Å². The van der Waals surface area contributed by atoms with Crippen molar-refractivity contribution in [3.63, 3.8) is 0 Å². The summed E-state index contributed by atoms with van der Waals surface area (Å²) in [6.07, 6.45) is 7.13. The Kier molecular flexibility index (Phi) is 4.62. The van der Waals surface area contributed by atoms with Crippen LogP contribution in [0.3, 0.4) is 0 Å². The number of piperidine rings is 1. The Labute approximate surface area is 110 Å². The van der Waals surface area contributed by atoms with Crippen molar-refractivity contribution in [1.29, 1.82) is 0 Å². The third-order valence-corrected chi connectivity index (χ3v) is 4.41. The van der Waals surface area contributed by atoms with Crippen LogP contribution in [0.4, 0.5) is 0 Å². The van der Waals surface area contributed by atoms with Crippen LogP contribution in [0.1, 0.15) is 52.4 Å². The number of rotatable bonds is 6. The first kappa shape index (κ1) is 13.8. The van der Waals surface area contributed by atoms with Gasteiger partial charge >= 0.3 is 0 Å². The maximum Gasteiger partial charge on any atom is 0.234 e. The Hall–Kier alpha value is -0.610. The van der Waals surface area contributed by atoms with Crippen molar-refractivity contribution >= 4 is 5.91 Å². The molecular weight excluding hydrogens is 226 g/mol. The lowest BCUT2D eigenvalue weighted by molar-refractivity contribution is -0.120. The van der Waals surface area contributed by atoms with Gasteiger partial charge in [0.1, 0.15) is 0 Å². The molecule has 1 aliphatic heterocycles. The first-order valence-corrected chi connectivity index (χ1v) is 7.39. The Balaban J connectivity index is 1.81. The smallest absolute Gasteiger partial charge is 0.234 e. The lowest BCUT2D eigenvalue weighted by Crippen LogP contribution is -2.48. The molecule has 2 rings (SSSR count). The third kappa shape index (κ3) is 3.69. The highest BCUT2D eigenvalue weighted by Crippen LogP contribution is 2.23. The number of primary amides is 1. The van der Waals surface area contributed by atoms with Crippen LogP contribution in [0.2, 0.25) is 0 Å². The van der Waals surface area contributed by atoms with E-state index in [1.54, 1.807) is 0 Å². The Morgan fingerprint density at radius 1 is 1.28 bits per heavy atom. The monoisotopic (exact) mass is 253 g/mol. The summed E-state index contributed by atoms with van der Waals surface area (Å²) in [5.41, 5.74) is 5.48. The second-order valence-electron chi connectivity index (χ2n) is 6.05. The van der Waals surface area contributed by atoms with Crippen molar-refractivity contribution in [3.8, 4) is 0 Å². The van der Waals surface area contributed by atoms with E-state index in [1.807, 2.05) is 0 Å². The Morgan fingerprint density at radius 2 is 1.89 bits per heavy atom. The fraction of sp³-hybridized carbons (Fsp3) is 0.929. The molecule has 1 saturated carbocycles. The quantitative estimate of drug-likeness (QED) is 0.749. The van der Waals surface area contributed by atoms with Crippen LogP contribution in [-0.2, 0) is 4.79 Å². The van der Waals surface area contributed by atoms with Crippen LogP contribution in [0, 0.1) is 0 Å². The minimum Gasteiger partial charge on any atom is -0.368 e. The molecule has 1 saturated heterocycles. The lowest BCUT2D eigenvalue weighted by Gasteiger charge is -2.39. The Bertz CT molecular complexity index is 281. The number of likely N-dealkylation sites (tertiary alicyclic amines) is 1. The molecule has 0 radical (unpaired) electrons. The Morgan fingerprint density at radius 3 is 2.39 bits per heavy atom. The van der Waals surface area contributed by atoms with E-state index in [2.05, 4.69) is 24.1 Å². The topological polar surface area (TPSA) is 58.4 Å². The van der Waals surface area contributed by atoms with E-state index in [0.717, 1.165) is 13.0 Å². The number of nitrogens with one attached hydrogen (secondary N) is 1. The molecule has 3 N–H and O–H groups in total. The van der Waals surface area contributed by atoms with Gasteiger partial charge in [0.15, 0.2) is 0 Å². The zero-order valence-corrected chi connectivity index (χ0v) is 11.7. The largest absolute Gasteiger partial charge is 0.368 e. The van der Waals surface area contributed by atoms with Gasteiger partial charge in [-0.2, -0.15) is 0 Å². The van der Waals surface area contributed by atoms with E-state index >= 15 is 0 Å². The number of nitrogens with two attached hydrogens (primary N) is 1. The summed E-state index contributed by atoms with van der Waals surface area (Å²) in [6, 6.07) is 1.68. The standard InChI is InChI=1S/C14H27N3O/c1-10-4-3-5-11(2)17(10)9-8-13(14(15)18)16-12-6-7-12/h10-13,16H,3-9H2,1-2H3,(H2,15,18)/t10-,11+,13?. The summed E-state index contributed by atoms with van der Waals surface area (Å²) < 4.78 is 0. The predicted molar refractivity (Wildman–Crippen MR) is 73.2 cm³/mol. The highest BCUT2D eigenvalue weighted by molar-refractivity contribution is 5.79. The second kappa shape index (κ2) is 6.02. The molecule has 2 fully saturated rings. The first-order chi connectivity index (χ1) is 8.58. The summed E-state index contributed by atoms with van der Waals surface area (Å²) in [5.74, 6) is -0.195. The number of carbonyl (C=O) groups excluding carboxylic acids is 1. The predicted octanol–water partition coefficient (Wildman–Crippen LogP) is 1.25. The van der Waals surface area contributed by atoms with Crippen LogP contribution in [0.15, 0.2) is 0 Å². The van der Waals surface area contributed by atoms with Crippen LogP contribution >= 0.6 is 0 Å². The van der Waals surface area contributed by atoms with Gasteiger partial charge in [-0.05, 0) is 46.0 Å². The minimum atomic E-state index is -0.195. The van der Waals surface area contributed by atoms with Crippen molar-refractivity contribution in [2.45, 2.75) is 76.5 Å². The summed E-state index contributed by atoms with van der Waals surface area (Å²) in [7, 11) is 0. The second-order valence-corrected chi connectivity index (χ2v) is 6.05. The molecule has 1 amide bonds. The maximum atomic E-state index is 11.4. The molecule has 0 aromatic rings. The molecule has 2 aliphatic rings. The van der Waals surface area contributed by atoms with E-state index in [9.17, 15) is 4.79 Å². The third-order valence-electron chi connectivity index (χ3n) is 4.41. The zero-order chi connectivity index (χ0) is 13.1. The molecule has 0 aromatic heterocycles. The SMILES string of the molecule is C[C@@H]1CCC[C@H](C)N1CCC(NC1CC1)C(N)=O. The van der Waals surface area contributed by atoms with Gasteiger partial charge in [0.05, 0.1) is 6.04 Å². The number of hydrogen-bond acceptors (Lipinski definition) is 3. The number of nitrogens with zero attached hydrogens (tertiary/aromatic N) is 1.